The lowest BCUT2D eigenvalue weighted by atomic mass is 10.0. The van der Waals surface area contributed by atoms with Gasteiger partial charge in [-0.3, -0.25) is 8.98 Å². The second-order valence-corrected chi connectivity index (χ2v) is 6.82. The van der Waals surface area contributed by atoms with E-state index >= 15 is 0 Å². The second-order valence-electron chi connectivity index (χ2n) is 5.22. The van der Waals surface area contributed by atoms with Gasteiger partial charge in [-0.25, -0.2) is 0 Å². The molecule has 0 fully saturated rings. The van der Waals surface area contributed by atoms with Crippen LogP contribution in [0.4, 0.5) is 0 Å². The molecule has 0 aliphatic rings. The van der Waals surface area contributed by atoms with Gasteiger partial charge in [0.2, 0.25) is 5.91 Å². The van der Waals surface area contributed by atoms with Crippen LogP contribution in [-0.4, -0.2) is 26.7 Å². The van der Waals surface area contributed by atoms with Gasteiger partial charge < -0.3 is 5.73 Å². The summed E-state index contributed by atoms with van der Waals surface area (Å²) in [5.74, 6) is -0.580. The third-order valence-electron chi connectivity index (χ3n) is 3.05. The van der Waals surface area contributed by atoms with Gasteiger partial charge in [-0.2, -0.15) is 8.42 Å². The molecule has 0 aromatic heterocycles. The molecule has 2 N–H and O–H groups in total. The molecule has 6 heteroatoms. The molecule has 21 heavy (non-hydrogen) atoms. The van der Waals surface area contributed by atoms with E-state index in [1.807, 2.05) is 24.3 Å². The molecule has 0 bridgehead atoms. The highest BCUT2D eigenvalue weighted by atomic mass is 32.2. The van der Waals surface area contributed by atoms with Gasteiger partial charge in [0.15, 0.2) is 0 Å². The molecule has 0 heterocycles. The first kappa shape index (κ1) is 17.7. The number of unbranched alkanes of at least 4 members (excludes halogenated alkanes) is 1. The first-order valence-corrected chi connectivity index (χ1v) is 8.86. The molecule has 0 saturated heterocycles. The summed E-state index contributed by atoms with van der Waals surface area (Å²) in [5, 5.41) is 0. The number of hydrogen-bond donors (Lipinski definition) is 1. The van der Waals surface area contributed by atoms with E-state index in [9.17, 15) is 13.2 Å². The number of rotatable bonds is 9. The molecular weight excluding hydrogens is 290 g/mol. The van der Waals surface area contributed by atoms with Gasteiger partial charge in [0.25, 0.3) is 10.1 Å². The Labute approximate surface area is 126 Å². The molecule has 0 aliphatic carbocycles. The number of aryl methyl sites for hydroxylation is 1. The zero-order chi connectivity index (χ0) is 15.9. The van der Waals surface area contributed by atoms with Crippen LogP contribution in [0.15, 0.2) is 24.3 Å². The highest BCUT2D eigenvalue weighted by molar-refractivity contribution is 7.86. The van der Waals surface area contributed by atoms with E-state index in [0.29, 0.717) is 6.42 Å². The lowest BCUT2D eigenvalue weighted by Crippen LogP contribution is -2.26. The van der Waals surface area contributed by atoms with E-state index in [2.05, 4.69) is 6.92 Å². The van der Waals surface area contributed by atoms with E-state index in [1.165, 1.54) is 5.56 Å². The number of nitrogens with two attached hydrogens (primary N) is 1. The smallest absolute Gasteiger partial charge is 0.264 e. The lowest BCUT2D eigenvalue weighted by Gasteiger charge is -2.15. The van der Waals surface area contributed by atoms with Crippen molar-refractivity contribution in [2.24, 2.45) is 5.73 Å². The predicted octanol–water partition coefficient (Wildman–Crippen LogP) is 1.79. The van der Waals surface area contributed by atoms with Crippen molar-refractivity contribution in [1.29, 1.82) is 0 Å². The van der Waals surface area contributed by atoms with Crippen LogP contribution in [0.2, 0.25) is 0 Å². The Morgan fingerprint density at radius 3 is 2.29 bits per heavy atom. The molecular formula is C15H23NO4S. The molecule has 0 saturated carbocycles. The Morgan fingerprint density at radius 2 is 1.81 bits per heavy atom. The summed E-state index contributed by atoms with van der Waals surface area (Å²) in [4.78, 5) is 11.0. The van der Waals surface area contributed by atoms with Crippen molar-refractivity contribution in [1.82, 2.24) is 0 Å². The second kappa shape index (κ2) is 8.14. The van der Waals surface area contributed by atoms with Gasteiger partial charge in [-0.1, -0.05) is 37.6 Å². The number of benzene rings is 1. The summed E-state index contributed by atoms with van der Waals surface area (Å²) >= 11 is 0. The summed E-state index contributed by atoms with van der Waals surface area (Å²) < 4.78 is 27.3. The van der Waals surface area contributed by atoms with E-state index in [-0.39, 0.29) is 6.42 Å². The molecule has 1 rings (SSSR count). The average Bonchev–Trinajstić information content (AvgIpc) is 2.35. The summed E-state index contributed by atoms with van der Waals surface area (Å²) in [6.45, 7) is 2.14. The normalized spacial score (nSPS) is 13.0. The molecule has 118 valence electrons. The minimum absolute atomic E-state index is 0.120. The molecule has 0 unspecified atom stereocenters. The van der Waals surface area contributed by atoms with E-state index in [1.54, 1.807) is 0 Å². The van der Waals surface area contributed by atoms with Crippen molar-refractivity contribution in [3.05, 3.63) is 35.4 Å². The van der Waals surface area contributed by atoms with Crippen LogP contribution in [0.3, 0.4) is 0 Å². The maximum absolute atomic E-state index is 11.2. The topological polar surface area (TPSA) is 86.5 Å². The fraction of sp³-hybridized carbons (Fsp3) is 0.533. The van der Waals surface area contributed by atoms with Gasteiger partial charge >= 0.3 is 0 Å². The summed E-state index contributed by atoms with van der Waals surface area (Å²) in [6, 6.07) is 7.91. The molecule has 0 radical (unpaired) electrons. The predicted molar refractivity (Wildman–Crippen MR) is 82.3 cm³/mol. The van der Waals surface area contributed by atoms with Gasteiger partial charge in [-0.15, -0.1) is 0 Å². The molecule has 1 amide bonds. The van der Waals surface area contributed by atoms with Gasteiger partial charge in [0.05, 0.1) is 18.8 Å². The van der Waals surface area contributed by atoms with Crippen LogP contribution in [-0.2, 0) is 31.9 Å². The fourth-order valence-electron chi connectivity index (χ4n) is 2.10. The van der Waals surface area contributed by atoms with Crippen LogP contribution < -0.4 is 5.73 Å². The number of hydrogen-bond acceptors (Lipinski definition) is 4. The van der Waals surface area contributed by atoms with E-state index in [0.717, 1.165) is 31.1 Å². The largest absolute Gasteiger partial charge is 0.370 e. The molecule has 0 spiro atoms. The number of carbonyl (C=O) groups excluding carboxylic acids is 1. The molecule has 1 aromatic carbocycles. The van der Waals surface area contributed by atoms with E-state index < -0.39 is 22.1 Å². The average molecular weight is 313 g/mol. The molecule has 1 atom stereocenters. The van der Waals surface area contributed by atoms with Crippen LogP contribution in [0.1, 0.15) is 37.3 Å². The Morgan fingerprint density at radius 1 is 1.24 bits per heavy atom. The van der Waals surface area contributed by atoms with E-state index in [4.69, 9.17) is 9.92 Å². The van der Waals surface area contributed by atoms with Crippen molar-refractivity contribution in [3.8, 4) is 0 Å². The van der Waals surface area contributed by atoms with Crippen molar-refractivity contribution in [2.45, 2.75) is 45.1 Å². The Kier molecular flexibility index (Phi) is 6.84. The standard InChI is InChI=1S/C15H23NO4S/c1-3-4-5-12-6-8-13(9-7-12)10-14(11-15(16)17)20-21(2,18)19/h6-9,14H,3-5,10-11H2,1-2H3,(H2,16,17)/t14-/m1/s1. The molecule has 0 aliphatic heterocycles. The van der Waals surface area contributed by atoms with Gasteiger partial charge in [0, 0.05) is 6.42 Å². The van der Waals surface area contributed by atoms with Crippen molar-refractivity contribution >= 4 is 16.0 Å². The summed E-state index contributed by atoms with van der Waals surface area (Å²) in [5.41, 5.74) is 7.30. The highest BCUT2D eigenvalue weighted by Gasteiger charge is 2.18. The SMILES string of the molecule is CCCCc1ccc(C[C@H](CC(N)=O)OS(C)(=O)=O)cc1. The number of carbonyl (C=O) groups is 1. The first-order chi connectivity index (χ1) is 9.80. The maximum atomic E-state index is 11.2. The quantitative estimate of drug-likeness (QED) is 0.704. The fourth-order valence-corrected chi connectivity index (χ4v) is 2.73. The van der Waals surface area contributed by atoms with Crippen molar-refractivity contribution in [3.63, 3.8) is 0 Å². The summed E-state index contributed by atoms with van der Waals surface area (Å²) in [7, 11) is -3.62. The Bertz CT molecular complexity index is 552. The van der Waals surface area contributed by atoms with Crippen LogP contribution in [0.5, 0.6) is 0 Å². The molecule has 5 nitrogen and oxygen atoms in total. The maximum Gasteiger partial charge on any atom is 0.264 e. The minimum atomic E-state index is -3.62. The van der Waals surface area contributed by atoms with Crippen molar-refractivity contribution in [2.75, 3.05) is 6.26 Å². The van der Waals surface area contributed by atoms with Crippen LogP contribution in [0.25, 0.3) is 0 Å². The highest BCUT2D eigenvalue weighted by Crippen LogP contribution is 2.14. The Balaban J connectivity index is 2.71. The third kappa shape index (κ3) is 7.82. The van der Waals surface area contributed by atoms with Crippen molar-refractivity contribution < 1.29 is 17.4 Å². The summed E-state index contributed by atoms with van der Waals surface area (Å²) in [6.07, 6.45) is 3.75. The first-order valence-electron chi connectivity index (χ1n) is 7.04. The third-order valence-corrected chi connectivity index (χ3v) is 3.67. The number of amides is 1. The molecule has 1 aromatic rings. The zero-order valence-electron chi connectivity index (χ0n) is 12.5. The minimum Gasteiger partial charge on any atom is -0.370 e. The van der Waals surface area contributed by atoms with Crippen LogP contribution in [0, 0.1) is 0 Å². The van der Waals surface area contributed by atoms with Crippen LogP contribution >= 0.6 is 0 Å². The van der Waals surface area contributed by atoms with Gasteiger partial charge in [0.1, 0.15) is 0 Å². The Hall–Kier alpha value is -1.40. The van der Waals surface area contributed by atoms with Gasteiger partial charge in [-0.05, 0) is 24.0 Å². The zero-order valence-corrected chi connectivity index (χ0v) is 13.4. The lowest BCUT2D eigenvalue weighted by molar-refractivity contribution is -0.119. The number of primary amides is 1. The monoisotopic (exact) mass is 313 g/mol.